The quantitative estimate of drug-likeness (QED) is 0.651. The maximum absolute atomic E-state index is 13.0. The van der Waals surface area contributed by atoms with Crippen LogP contribution in [0.2, 0.25) is 0 Å². The SMILES string of the molecule is COc1ccccc1NC(=O)c1cnc([C@H]2CCCN2C(=O)c2oc(C)nc2C)nc1C. The van der Waals surface area contributed by atoms with Crippen molar-refractivity contribution in [1.82, 2.24) is 19.9 Å². The second-order valence-corrected chi connectivity index (χ2v) is 7.69. The molecule has 1 aromatic carbocycles. The average Bonchev–Trinajstić information content (AvgIpc) is 3.39. The summed E-state index contributed by atoms with van der Waals surface area (Å²) in [4.78, 5) is 40.8. The zero-order valence-corrected chi connectivity index (χ0v) is 18.5. The summed E-state index contributed by atoms with van der Waals surface area (Å²) in [6.07, 6.45) is 3.08. The van der Waals surface area contributed by atoms with Gasteiger partial charge in [0.2, 0.25) is 5.76 Å². The standard InChI is InChI=1S/C23H25N5O4/c1-13-16(22(29)27-17-8-5-6-10-19(17)31-4)12-24-21(26-13)18-9-7-11-28(18)23(30)20-14(2)25-15(3)32-20/h5-6,8,10,12,18H,7,9,11H2,1-4H3,(H,27,29)/t18-/m1/s1. The van der Waals surface area contributed by atoms with Crippen LogP contribution in [-0.2, 0) is 0 Å². The Bertz CT molecular complexity index is 1170. The van der Waals surface area contributed by atoms with Gasteiger partial charge in [0.1, 0.15) is 5.75 Å². The Hall–Kier alpha value is -3.75. The summed E-state index contributed by atoms with van der Waals surface area (Å²) in [6, 6.07) is 6.89. The van der Waals surface area contributed by atoms with Gasteiger partial charge >= 0.3 is 0 Å². The molecule has 1 fully saturated rings. The van der Waals surface area contributed by atoms with Crippen LogP contribution in [0.25, 0.3) is 0 Å². The number of hydrogen-bond donors (Lipinski definition) is 1. The third-order valence-electron chi connectivity index (χ3n) is 5.51. The Morgan fingerprint density at radius 2 is 1.94 bits per heavy atom. The Kier molecular flexibility index (Phi) is 5.89. The van der Waals surface area contributed by atoms with Gasteiger partial charge in [-0.15, -0.1) is 0 Å². The molecule has 4 rings (SSSR count). The molecule has 32 heavy (non-hydrogen) atoms. The lowest BCUT2D eigenvalue weighted by atomic mass is 10.1. The van der Waals surface area contributed by atoms with Gasteiger partial charge in [-0.2, -0.15) is 0 Å². The molecule has 0 unspecified atom stereocenters. The number of hydrogen-bond acceptors (Lipinski definition) is 7. The van der Waals surface area contributed by atoms with Crippen molar-refractivity contribution < 1.29 is 18.7 Å². The molecule has 2 aromatic heterocycles. The fourth-order valence-corrected chi connectivity index (χ4v) is 3.94. The lowest BCUT2D eigenvalue weighted by Crippen LogP contribution is -2.32. The number of methoxy groups -OCH3 is 1. The van der Waals surface area contributed by atoms with Crippen molar-refractivity contribution in [3.05, 3.63) is 64.9 Å². The van der Waals surface area contributed by atoms with E-state index in [0.29, 0.717) is 46.6 Å². The first kappa shape index (κ1) is 21.5. The third kappa shape index (κ3) is 4.05. The maximum Gasteiger partial charge on any atom is 0.292 e. The van der Waals surface area contributed by atoms with E-state index in [0.717, 1.165) is 12.8 Å². The van der Waals surface area contributed by atoms with Gasteiger partial charge in [-0.25, -0.2) is 15.0 Å². The van der Waals surface area contributed by atoms with E-state index in [1.807, 2.05) is 12.1 Å². The Morgan fingerprint density at radius 1 is 1.16 bits per heavy atom. The van der Waals surface area contributed by atoms with Crippen molar-refractivity contribution in [2.24, 2.45) is 0 Å². The van der Waals surface area contributed by atoms with E-state index in [1.54, 1.807) is 44.9 Å². The molecule has 1 aliphatic heterocycles. The number of nitrogens with zero attached hydrogens (tertiary/aromatic N) is 4. The molecule has 0 radical (unpaired) electrons. The molecule has 9 nitrogen and oxygen atoms in total. The minimum atomic E-state index is -0.328. The Labute approximate surface area is 185 Å². The van der Waals surface area contributed by atoms with Crippen LogP contribution in [0.3, 0.4) is 0 Å². The lowest BCUT2D eigenvalue weighted by molar-refractivity contribution is 0.0694. The first-order chi connectivity index (χ1) is 15.4. The number of ether oxygens (including phenoxy) is 1. The molecule has 1 saturated heterocycles. The zero-order chi connectivity index (χ0) is 22.8. The molecule has 3 aromatic rings. The Balaban J connectivity index is 1.55. The maximum atomic E-state index is 13.0. The van der Waals surface area contributed by atoms with E-state index in [-0.39, 0.29) is 23.6 Å². The van der Waals surface area contributed by atoms with Crippen LogP contribution < -0.4 is 10.1 Å². The smallest absolute Gasteiger partial charge is 0.292 e. The van der Waals surface area contributed by atoms with Gasteiger partial charge in [0.15, 0.2) is 11.7 Å². The fraction of sp³-hybridized carbons (Fsp3) is 0.348. The average molecular weight is 435 g/mol. The van der Waals surface area contributed by atoms with Crippen LogP contribution in [0.5, 0.6) is 5.75 Å². The molecule has 1 N–H and O–H groups in total. The highest BCUT2D eigenvalue weighted by atomic mass is 16.5. The predicted molar refractivity (Wildman–Crippen MR) is 117 cm³/mol. The fourth-order valence-electron chi connectivity index (χ4n) is 3.94. The lowest BCUT2D eigenvalue weighted by Gasteiger charge is -2.23. The molecule has 0 aliphatic carbocycles. The van der Waals surface area contributed by atoms with Gasteiger partial charge in [0.05, 0.1) is 35.8 Å². The molecular formula is C23H25N5O4. The van der Waals surface area contributed by atoms with E-state index >= 15 is 0 Å². The van der Waals surface area contributed by atoms with Crippen molar-refractivity contribution in [1.29, 1.82) is 0 Å². The molecule has 3 heterocycles. The molecule has 1 aliphatic rings. The summed E-state index contributed by atoms with van der Waals surface area (Å²) >= 11 is 0. The number of likely N-dealkylation sites (tertiary alicyclic amines) is 1. The highest BCUT2D eigenvalue weighted by molar-refractivity contribution is 6.05. The van der Waals surface area contributed by atoms with Crippen molar-refractivity contribution in [3.8, 4) is 5.75 Å². The van der Waals surface area contributed by atoms with Crippen LogP contribution in [0.15, 0.2) is 34.9 Å². The number of amides is 2. The summed E-state index contributed by atoms with van der Waals surface area (Å²) in [5.74, 6) is 1.23. The number of aryl methyl sites for hydroxylation is 3. The molecular weight excluding hydrogens is 410 g/mol. The number of para-hydroxylation sites is 2. The summed E-state index contributed by atoms with van der Waals surface area (Å²) in [6.45, 7) is 5.81. The van der Waals surface area contributed by atoms with Crippen molar-refractivity contribution in [3.63, 3.8) is 0 Å². The van der Waals surface area contributed by atoms with Crippen LogP contribution in [0.1, 0.15) is 62.9 Å². The second-order valence-electron chi connectivity index (χ2n) is 7.69. The predicted octanol–water partition coefficient (Wildman–Crippen LogP) is 3.63. The van der Waals surface area contributed by atoms with E-state index in [4.69, 9.17) is 9.15 Å². The number of aromatic nitrogens is 3. The number of anilines is 1. The van der Waals surface area contributed by atoms with Gasteiger partial charge < -0.3 is 19.4 Å². The summed E-state index contributed by atoms with van der Waals surface area (Å²) in [5.41, 5.74) is 2.03. The second kappa shape index (κ2) is 8.78. The number of oxazole rings is 1. The van der Waals surface area contributed by atoms with Crippen LogP contribution in [-0.4, -0.2) is 45.3 Å². The zero-order valence-electron chi connectivity index (χ0n) is 18.5. The largest absolute Gasteiger partial charge is 0.495 e. The third-order valence-corrected chi connectivity index (χ3v) is 5.51. The van der Waals surface area contributed by atoms with Gasteiger partial charge in [0.25, 0.3) is 11.8 Å². The van der Waals surface area contributed by atoms with Gasteiger partial charge in [-0.3, -0.25) is 9.59 Å². The minimum Gasteiger partial charge on any atom is -0.495 e. The highest BCUT2D eigenvalue weighted by Crippen LogP contribution is 2.32. The first-order valence-electron chi connectivity index (χ1n) is 10.4. The molecule has 0 saturated carbocycles. The molecule has 0 spiro atoms. The first-order valence-corrected chi connectivity index (χ1v) is 10.4. The van der Waals surface area contributed by atoms with Crippen molar-refractivity contribution in [2.45, 2.75) is 39.7 Å². The molecule has 1 atom stereocenters. The van der Waals surface area contributed by atoms with Crippen molar-refractivity contribution >= 4 is 17.5 Å². The monoisotopic (exact) mass is 435 g/mol. The molecule has 2 amide bonds. The minimum absolute atomic E-state index is 0.218. The molecule has 9 heteroatoms. The summed E-state index contributed by atoms with van der Waals surface area (Å²) in [7, 11) is 1.55. The van der Waals surface area contributed by atoms with Crippen LogP contribution in [0, 0.1) is 20.8 Å². The Morgan fingerprint density at radius 3 is 2.62 bits per heavy atom. The van der Waals surface area contributed by atoms with E-state index < -0.39 is 0 Å². The van der Waals surface area contributed by atoms with E-state index in [1.165, 1.54) is 6.20 Å². The van der Waals surface area contributed by atoms with Crippen molar-refractivity contribution in [2.75, 3.05) is 19.0 Å². The molecule has 0 bridgehead atoms. The van der Waals surface area contributed by atoms with Gasteiger partial charge in [-0.05, 0) is 38.8 Å². The number of nitrogens with one attached hydrogen (secondary N) is 1. The van der Waals surface area contributed by atoms with E-state index in [2.05, 4.69) is 20.3 Å². The van der Waals surface area contributed by atoms with E-state index in [9.17, 15) is 9.59 Å². The van der Waals surface area contributed by atoms with Crippen LogP contribution >= 0.6 is 0 Å². The van der Waals surface area contributed by atoms with Crippen LogP contribution in [0.4, 0.5) is 5.69 Å². The number of carbonyl (C=O) groups is 2. The van der Waals surface area contributed by atoms with Gasteiger partial charge in [-0.1, -0.05) is 12.1 Å². The van der Waals surface area contributed by atoms with Gasteiger partial charge in [0, 0.05) is 19.7 Å². The highest BCUT2D eigenvalue weighted by Gasteiger charge is 2.35. The normalized spacial score (nSPS) is 15.6. The summed E-state index contributed by atoms with van der Waals surface area (Å²) in [5, 5.41) is 2.84. The topological polar surface area (TPSA) is 110 Å². The number of carbonyl (C=O) groups excluding carboxylic acids is 2. The number of benzene rings is 1. The summed E-state index contributed by atoms with van der Waals surface area (Å²) < 4.78 is 10.8. The molecule has 166 valence electrons. The number of rotatable bonds is 5.